The highest BCUT2D eigenvalue weighted by molar-refractivity contribution is 5.49. The van der Waals surface area contributed by atoms with Gasteiger partial charge in [0.15, 0.2) is 0 Å². The summed E-state index contributed by atoms with van der Waals surface area (Å²) in [4.78, 5) is 9.70. The first-order valence-electron chi connectivity index (χ1n) is 6.70. The Morgan fingerprint density at radius 1 is 1.24 bits per heavy atom. The molecule has 0 amide bonds. The molecule has 1 aromatic rings. The first-order valence-corrected chi connectivity index (χ1v) is 6.70. The predicted molar refractivity (Wildman–Crippen MR) is 73.7 cm³/mol. The molecule has 0 saturated carbocycles. The van der Waals surface area contributed by atoms with Crippen LogP contribution in [-0.2, 0) is 6.18 Å². The van der Waals surface area contributed by atoms with Crippen molar-refractivity contribution in [2.24, 2.45) is 0 Å². The van der Waals surface area contributed by atoms with Crippen molar-refractivity contribution in [2.75, 3.05) is 0 Å². The van der Waals surface area contributed by atoms with Crippen LogP contribution < -0.4 is 0 Å². The number of halogens is 3. The molecule has 0 saturated heterocycles. The van der Waals surface area contributed by atoms with E-state index in [0.717, 1.165) is 37.8 Å². The van der Waals surface area contributed by atoms with E-state index in [4.69, 9.17) is 0 Å². The molecule has 0 heterocycles. The van der Waals surface area contributed by atoms with E-state index in [1.54, 1.807) is 0 Å². The molecule has 1 rings (SSSR count). The summed E-state index contributed by atoms with van der Waals surface area (Å²) in [6.45, 7) is 2.07. The molecule has 0 fully saturated rings. The van der Waals surface area contributed by atoms with Crippen molar-refractivity contribution in [3.63, 3.8) is 0 Å². The lowest BCUT2D eigenvalue weighted by atomic mass is 10.1. The number of benzene rings is 1. The predicted octanol–water partition coefficient (Wildman–Crippen LogP) is 4.94. The fraction of sp³-hybridized carbons (Fsp3) is 0.467. The van der Waals surface area contributed by atoms with Crippen LogP contribution in [0.15, 0.2) is 18.2 Å². The molecule has 0 spiro atoms. The standard InChI is InChI=1S/C15H16F3NO2/c1-2-3-4-5-6-7-8-12-9-10-13(19(20)21)11-14(12)15(16,17)18/h9-11H,2-6H2,1H3. The average Bonchev–Trinajstić information content (AvgIpc) is 2.41. The molecule has 0 radical (unpaired) electrons. The molecular formula is C15H16F3NO2. The van der Waals surface area contributed by atoms with Crippen LogP contribution in [0.1, 0.15) is 50.2 Å². The van der Waals surface area contributed by atoms with E-state index >= 15 is 0 Å². The van der Waals surface area contributed by atoms with E-state index in [9.17, 15) is 23.3 Å². The van der Waals surface area contributed by atoms with Crippen molar-refractivity contribution in [1.29, 1.82) is 0 Å². The molecular weight excluding hydrogens is 283 g/mol. The molecule has 0 aliphatic rings. The lowest BCUT2D eigenvalue weighted by Crippen LogP contribution is -2.08. The minimum Gasteiger partial charge on any atom is -0.258 e. The Kier molecular flexibility index (Phi) is 6.22. The second-order valence-corrected chi connectivity index (χ2v) is 4.60. The number of rotatable bonds is 5. The lowest BCUT2D eigenvalue weighted by molar-refractivity contribution is -0.385. The van der Waals surface area contributed by atoms with Gasteiger partial charge in [0.25, 0.3) is 5.69 Å². The quantitative estimate of drug-likeness (QED) is 0.334. The number of hydrogen-bond acceptors (Lipinski definition) is 2. The zero-order valence-electron chi connectivity index (χ0n) is 11.7. The number of non-ortho nitro benzene ring substituents is 1. The van der Waals surface area contributed by atoms with Gasteiger partial charge in [0.2, 0.25) is 0 Å². The summed E-state index contributed by atoms with van der Waals surface area (Å²) < 4.78 is 38.6. The second kappa shape index (κ2) is 7.67. The Hall–Kier alpha value is -2.03. The minimum absolute atomic E-state index is 0.219. The summed E-state index contributed by atoms with van der Waals surface area (Å²) >= 11 is 0. The van der Waals surface area contributed by atoms with E-state index < -0.39 is 22.4 Å². The first kappa shape index (κ1) is 17.0. The van der Waals surface area contributed by atoms with Crippen molar-refractivity contribution in [1.82, 2.24) is 0 Å². The van der Waals surface area contributed by atoms with Gasteiger partial charge in [-0.25, -0.2) is 0 Å². The maximum atomic E-state index is 12.9. The molecule has 21 heavy (non-hydrogen) atoms. The molecule has 0 aliphatic heterocycles. The monoisotopic (exact) mass is 299 g/mol. The summed E-state index contributed by atoms with van der Waals surface area (Å²) in [6, 6.07) is 2.62. The van der Waals surface area contributed by atoms with Crippen LogP contribution in [0.5, 0.6) is 0 Å². The molecule has 3 nitrogen and oxygen atoms in total. The maximum absolute atomic E-state index is 12.9. The van der Waals surface area contributed by atoms with Crippen LogP contribution in [0.3, 0.4) is 0 Å². The average molecular weight is 299 g/mol. The topological polar surface area (TPSA) is 43.1 Å². The third kappa shape index (κ3) is 5.46. The molecule has 0 bridgehead atoms. The molecule has 0 aliphatic carbocycles. The van der Waals surface area contributed by atoms with Gasteiger partial charge in [-0.3, -0.25) is 10.1 Å². The highest BCUT2D eigenvalue weighted by atomic mass is 19.4. The van der Waals surface area contributed by atoms with Crippen molar-refractivity contribution < 1.29 is 18.1 Å². The van der Waals surface area contributed by atoms with Gasteiger partial charge in [0, 0.05) is 24.1 Å². The zero-order chi connectivity index (χ0) is 15.9. The Bertz CT molecular complexity index is 556. The van der Waals surface area contributed by atoms with Crippen LogP contribution in [0.25, 0.3) is 0 Å². The van der Waals surface area contributed by atoms with Gasteiger partial charge in [0.05, 0.1) is 10.5 Å². The van der Waals surface area contributed by atoms with E-state index in [1.807, 2.05) is 0 Å². The molecule has 0 unspecified atom stereocenters. The van der Waals surface area contributed by atoms with E-state index in [0.29, 0.717) is 12.5 Å². The Morgan fingerprint density at radius 3 is 2.52 bits per heavy atom. The van der Waals surface area contributed by atoms with Crippen LogP contribution in [0, 0.1) is 22.0 Å². The fourth-order valence-electron chi connectivity index (χ4n) is 1.79. The van der Waals surface area contributed by atoms with Gasteiger partial charge in [-0.2, -0.15) is 13.2 Å². The zero-order valence-corrected chi connectivity index (χ0v) is 11.7. The molecule has 0 aromatic heterocycles. The highest BCUT2D eigenvalue weighted by Gasteiger charge is 2.34. The van der Waals surface area contributed by atoms with Crippen LogP contribution >= 0.6 is 0 Å². The Morgan fingerprint density at radius 2 is 1.95 bits per heavy atom. The SMILES string of the molecule is CCCCCCC#Cc1ccc([N+](=O)[O-])cc1C(F)(F)F. The number of alkyl halides is 3. The molecule has 0 N–H and O–H groups in total. The smallest absolute Gasteiger partial charge is 0.258 e. The van der Waals surface area contributed by atoms with Gasteiger partial charge in [0.1, 0.15) is 0 Å². The van der Waals surface area contributed by atoms with Crippen molar-refractivity contribution in [2.45, 2.75) is 45.2 Å². The number of unbranched alkanes of at least 4 members (excludes halogenated alkanes) is 4. The summed E-state index contributed by atoms with van der Waals surface area (Å²) in [6.07, 6.45) is -0.139. The summed E-state index contributed by atoms with van der Waals surface area (Å²) in [5, 5.41) is 10.6. The number of nitro groups is 1. The summed E-state index contributed by atoms with van der Waals surface area (Å²) in [5.41, 5.74) is -1.86. The second-order valence-electron chi connectivity index (χ2n) is 4.60. The molecule has 0 atom stereocenters. The first-order chi connectivity index (χ1) is 9.86. The molecule has 1 aromatic carbocycles. The minimum atomic E-state index is -4.65. The van der Waals surface area contributed by atoms with Gasteiger partial charge >= 0.3 is 6.18 Å². The van der Waals surface area contributed by atoms with Gasteiger partial charge < -0.3 is 0 Å². The molecule has 6 heteroatoms. The van der Waals surface area contributed by atoms with Gasteiger partial charge in [-0.1, -0.05) is 38.0 Å². The molecule has 114 valence electrons. The lowest BCUT2D eigenvalue weighted by Gasteiger charge is -2.08. The number of hydrogen-bond donors (Lipinski definition) is 0. The van der Waals surface area contributed by atoms with E-state index in [1.165, 1.54) is 0 Å². The van der Waals surface area contributed by atoms with Crippen molar-refractivity contribution in [3.05, 3.63) is 39.4 Å². The van der Waals surface area contributed by atoms with Crippen LogP contribution in [0.4, 0.5) is 18.9 Å². The highest BCUT2D eigenvalue weighted by Crippen LogP contribution is 2.34. The summed E-state index contributed by atoms with van der Waals surface area (Å²) in [7, 11) is 0. The summed E-state index contributed by atoms with van der Waals surface area (Å²) in [5.74, 6) is 5.17. The van der Waals surface area contributed by atoms with Crippen molar-refractivity contribution >= 4 is 5.69 Å². The van der Waals surface area contributed by atoms with Crippen LogP contribution in [-0.4, -0.2) is 4.92 Å². The maximum Gasteiger partial charge on any atom is 0.417 e. The van der Waals surface area contributed by atoms with E-state index in [-0.39, 0.29) is 5.56 Å². The third-order valence-corrected chi connectivity index (χ3v) is 2.90. The van der Waals surface area contributed by atoms with Crippen LogP contribution in [0.2, 0.25) is 0 Å². The number of nitro benzene ring substituents is 1. The largest absolute Gasteiger partial charge is 0.417 e. The van der Waals surface area contributed by atoms with E-state index in [2.05, 4.69) is 18.8 Å². The Balaban J connectivity index is 2.91. The fourth-order valence-corrected chi connectivity index (χ4v) is 1.79. The van der Waals surface area contributed by atoms with Gasteiger partial charge in [-0.15, -0.1) is 0 Å². The van der Waals surface area contributed by atoms with Gasteiger partial charge in [-0.05, 0) is 12.5 Å². The normalized spacial score (nSPS) is 10.9. The Labute approximate surface area is 121 Å². The number of nitrogens with zero attached hydrogens (tertiary/aromatic N) is 1. The van der Waals surface area contributed by atoms with Crippen molar-refractivity contribution in [3.8, 4) is 11.8 Å². The third-order valence-electron chi connectivity index (χ3n) is 2.90.